The molecule has 0 amide bonds. The summed E-state index contributed by atoms with van der Waals surface area (Å²) in [6.45, 7) is 1.93. The molecule has 0 aliphatic rings. The largest absolute Gasteiger partial charge is 0.289 e. The van der Waals surface area contributed by atoms with Crippen LogP contribution in [0.5, 0.6) is 0 Å². The molecule has 86 valence electrons. The van der Waals surface area contributed by atoms with Crippen LogP contribution in [0.4, 0.5) is 0 Å². The van der Waals surface area contributed by atoms with E-state index < -0.39 is 0 Å². The molecule has 0 aliphatic heterocycles. The number of carbonyl (C=O) groups excluding carboxylic acids is 1. The summed E-state index contributed by atoms with van der Waals surface area (Å²) in [5.74, 6) is 0.0143. The standard InChI is InChI=1S/C14H10BrClO/c1-9-4-2-3-5-11(9)14(17)10-6-7-13(16)12(15)8-10/h2-8H,1H3. The molecule has 0 bridgehead atoms. The monoisotopic (exact) mass is 308 g/mol. The first-order chi connectivity index (χ1) is 8.09. The summed E-state index contributed by atoms with van der Waals surface area (Å²) in [5.41, 5.74) is 2.33. The zero-order valence-electron chi connectivity index (χ0n) is 9.21. The molecule has 0 heterocycles. The van der Waals surface area contributed by atoms with E-state index in [9.17, 15) is 4.79 Å². The summed E-state index contributed by atoms with van der Waals surface area (Å²) in [6.07, 6.45) is 0. The van der Waals surface area contributed by atoms with Crippen molar-refractivity contribution >= 4 is 33.3 Å². The quantitative estimate of drug-likeness (QED) is 0.738. The highest BCUT2D eigenvalue weighted by molar-refractivity contribution is 9.10. The van der Waals surface area contributed by atoms with Crippen LogP contribution in [0, 0.1) is 6.92 Å². The number of hydrogen-bond donors (Lipinski definition) is 0. The summed E-state index contributed by atoms with van der Waals surface area (Å²) < 4.78 is 0.735. The summed E-state index contributed by atoms with van der Waals surface area (Å²) >= 11 is 9.23. The number of aryl methyl sites for hydroxylation is 1. The van der Waals surface area contributed by atoms with Crippen LogP contribution in [0.2, 0.25) is 5.02 Å². The van der Waals surface area contributed by atoms with Gasteiger partial charge >= 0.3 is 0 Å². The lowest BCUT2D eigenvalue weighted by molar-refractivity contribution is 0.103. The van der Waals surface area contributed by atoms with Crippen molar-refractivity contribution in [3.05, 3.63) is 68.7 Å². The van der Waals surface area contributed by atoms with Crippen molar-refractivity contribution < 1.29 is 4.79 Å². The van der Waals surface area contributed by atoms with Crippen LogP contribution >= 0.6 is 27.5 Å². The van der Waals surface area contributed by atoms with Crippen LogP contribution in [0.25, 0.3) is 0 Å². The smallest absolute Gasteiger partial charge is 0.193 e. The zero-order valence-corrected chi connectivity index (χ0v) is 11.5. The molecule has 0 saturated heterocycles. The molecule has 2 aromatic rings. The second kappa shape index (κ2) is 5.03. The van der Waals surface area contributed by atoms with E-state index in [0.717, 1.165) is 15.6 Å². The minimum atomic E-state index is 0.0143. The van der Waals surface area contributed by atoms with Gasteiger partial charge in [0.1, 0.15) is 0 Å². The van der Waals surface area contributed by atoms with E-state index >= 15 is 0 Å². The Kier molecular flexibility index (Phi) is 3.65. The molecule has 0 N–H and O–H groups in total. The average molecular weight is 310 g/mol. The van der Waals surface area contributed by atoms with Gasteiger partial charge in [0, 0.05) is 15.6 Å². The van der Waals surface area contributed by atoms with Crippen molar-refractivity contribution in [2.45, 2.75) is 6.92 Å². The molecule has 0 aromatic heterocycles. The molecule has 17 heavy (non-hydrogen) atoms. The van der Waals surface area contributed by atoms with Crippen molar-refractivity contribution in [2.24, 2.45) is 0 Å². The minimum absolute atomic E-state index is 0.0143. The molecule has 0 unspecified atom stereocenters. The summed E-state index contributed by atoms with van der Waals surface area (Å²) in [7, 11) is 0. The van der Waals surface area contributed by atoms with Gasteiger partial charge in [0.2, 0.25) is 0 Å². The van der Waals surface area contributed by atoms with Gasteiger partial charge in [-0.3, -0.25) is 4.79 Å². The Labute approximate surface area is 114 Å². The lowest BCUT2D eigenvalue weighted by Crippen LogP contribution is -2.03. The van der Waals surface area contributed by atoms with Crippen LogP contribution in [0.15, 0.2) is 46.9 Å². The highest BCUT2D eigenvalue weighted by atomic mass is 79.9. The summed E-state index contributed by atoms with van der Waals surface area (Å²) in [6, 6.07) is 12.8. The molecule has 0 radical (unpaired) electrons. The van der Waals surface area contributed by atoms with Gasteiger partial charge in [-0.05, 0) is 46.6 Å². The van der Waals surface area contributed by atoms with Gasteiger partial charge in [-0.1, -0.05) is 35.9 Å². The highest BCUT2D eigenvalue weighted by Crippen LogP contribution is 2.25. The Bertz CT molecular complexity index is 578. The van der Waals surface area contributed by atoms with E-state index in [1.807, 2.05) is 31.2 Å². The zero-order chi connectivity index (χ0) is 12.4. The van der Waals surface area contributed by atoms with E-state index in [4.69, 9.17) is 11.6 Å². The number of ketones is 1. The van der Waals surface area contributed by atoms with E-state index in [2.05, 4.69) is 15.9 Å². The number of halogens is 2. The van der Waals surface area contributed by atoms with Crippen LogP contribution in [0.1, 0.15) is 21.5 Å². The van der Waals surface area contributed by atoms with E-state index in [0.29, 0.717) is 10.6 Å². The Hall–Kier alpha value is -1.12. The third-order valence-corrected chi connectivity index (χ3v) is 3.79. The lowest BCUT2D eigenvalue weighted by atomic mass is 9.99. The third-order valence-electron chi connectivity index (χ3n) is 2.57. The fourth-order valence-electron chi connectivity index (χ4n) is 1.62. The first-order valence-electron chi connectivity index (χ1n) is 5.15. The van der Waals surface area contributed by atoms with E-state index in [1.165, 1.54) is 0 Å². The van der Waals surface area contributed by atoms with Crippen molar-refractivity contribution in [1.82, 2.24) is 0 Å². The number of carbonyl (C=O) groups is 1. The molecule has 0 fully saturated rings. The SMILES string of the molecule is Cc1ccccc1C(=O)c1ccc(Cl)c(Br)c1. The number of hydrogen-bond acceptors (Lipinski definition) is 1. The van der Waals surface area contributed by atoms with Crippen LogP contribution < -0.4 is 0 Å². The van der Waals surface area contributed by atoms with E-state index in [1.54, 1.807) is 18.2 Å². The number of benzene rings is 2. The molecule has 3 heteroatoms. The van der Waals surface area contributed by atoms with Crippen molar-refractivity contribution in [1.29, 1.82) is 0 Å². The van der Waals surface area contributed by atoms with Crippen molar-refractivity contribution in [3.8, 4) is 0 Å². The van der Waals surface area contributed by atoms with Crippen LogP contribution in [0.3, 0.4) is 0 Å². The molecule has 0 atom stereocenters. The predicted molar refractivity (Wildman–Crippen MR) is 73.8 cm³/mol. The molecular weight excluding hydrogens is 300 g/mol. The second-order valence-corrected chi connectivity index (χ2v) is 5.03. The van der Waals surface area contributed by atoms with Gasteiger partial charge in [-0.15, -0.1) is 0 Å². The molecule has 2 aromatic carbocycles. The van der Waals surface area contributed by atoms with E-state index in [-0.39, 0.29) is 5.78 Å². The fraction of sp³-hybridized carbons (Fsp3) is 0.0714. The van der Waals surface area contributed by atoms with Crippen LogP contribution in [-0.2, 0) is 0 Å². The van der Waals surface area contributed by atoms with Crippen molar-refractivity contribution in [3.63, 3.8) is 0 Å². The Morgan fingerprint density at radius 2 is 1.88 bits per heavy atom. The second-order valence-electron chi connectivity index (χ2n) is 3.77. The maximum atomic E-state index is 12.3. The molecule has 0 aliphatic carbocycles. The molecular formula is C14H10BrClO. The molecule has 0 saturated carbocycles. The van der Waals surface area contributed by atoms with Gasteiger partial charge in [-0.2, -0.15) is 0 Å². The Morgan fingerprint density at radius 1 is 1.18 bits per heavy atom. The summed E-state index contributed by atoms with van der Waals surface area (Å²) in [5, 5.41) is 0.603. The van der Waals surface area contributed by atoms with Gasteiger partial charge in [0.05, 0.1) is 5.02 Å². The Morgan fingerprint density at radius 3 is 2.53 bits per heavy atom. The van der Waals surface area contributed by atoms with Crippen molar-refractivity contribution in [2.75, 3.05) is 0 Å². The lowest BCUT2D eigenvalue weighted by Gasteiger charge is -2.05. The third kappa shape index (κ3) is 2.59. The topological polar surface area (TPSA) is 17.1 Å². The average Bonchev–Trinajstić information content (AvgIpc) is 2.32. The maximum Gasteiger partial charge on any atom is 0.193 e. The number of rotatable bonds is 2. The molecule has 0 spiro atoms. The highest BCUT2D eigenvalue weighted by Gasteiger charge is 2.12. The molecule has 2 rings (SSSR count). The fourth-order valence-corrected chi connectivity index (χ4v) is 2.12. The first-order valence-corrected chi connectivity index (χ1v) is 6.32. The van der Waals surface area contributed by atoms with Gasteiger partial charge in [-0.25, -0.2) is 0 Å². The maximum absolute atomic E-state index is 12.3. The normalized spacial score (nSPS) is 10.3. The minimum Gasteiger partial charge on any atom is -0.289 e. The Balaban J connectivity index is 2.44. The van der Waals surface area contributed by atoms with Gasteiger partial charge in [0.25, 0.3) is 0 Å². The molecule has 1 nitrogen and oxygen atoms in total. The predicted octanol–water partition coefficient (Wildman–Crippen LogP) is 4.64. The summed E-state index contributed by atoms with van der Waals surface area (Å²) in [4.78, 5) is 12.3. The first kappa shape index (κ1) is 12.3. The van der Waals surface area contributed by atoms with Crippen LogP contribution in [-0.4, -0.2) is 5.78 Å². The van der Waals surface area contributed by atoms with Gasteiger partial charge in [0.15, 0.2) is 5.78 Å². The van der Waals surface area contributed by atoms with Gasteiger partial charge < -0.3 is 0 Å².